The molecule has 0 aliphatic carbocycles. The zero-order valence-corrected chi connectivity index (χ0v) is 20.5. The SMILES string of the molecule is Cc1nc(N[C@H](C)c2cccc(C#N)c2F)c2c(n1)C1(CCN(C)C1)C(=O)N(c1ccc(N)cc1)C2. The average Bonchev–Trinajstić information content (AvgIpc) is 3.25. The number of hydrogen-bond donors (Lipinski definition) is 2. The first-order valence-electron chi connectivity index (χ1n) is 11.9. The largest absolute Gasteiger partial charge is 0.399 e. The number of anilines is 3. The minimum Gasteiger partial charge on any atom is -0.399 e. The third-order valence-corrected chi connectivity index (χ3v) is 7.18. The smallest absolute Gasteiger partial charge is 0.240 e. The van der Waals surface area contributed by atoms with Crippen LogP contribution < -0.4 is 16.0 Å². The Morgan fingerprint density at radius 3 is 2.64 bits per heavy atom. The molecule has 2 aromatic carbocycles. The van der Waals surface area contributed by atoms with Gasteiger partial charge >= 0.3 is 0 Å². The monoisotopic (exact) mass is 485 g/mol. The predicted molar refractivity (Wildman–Crippen MR) is 136 cm³/mol. The van der Waals surface area contributed by atoms with E-state index in [1.807, 2.05) is 32.2 Å². The number of aryl methyl sites for hydroxylation is 1. The van der Waals surface area contributed by atoms with E-state index < -0.39 is 17.3 Å². The van der Waals surface area contributed by atoms with Crippen molar-refractivity contribution in [3.05, 3.63) is 76.5 Å². The lowest BCUT2D eigenvalue weighted by molar-refractivity contribution is -0.124. The Morgan fingerprint density at radius 1 is 1.22 bits per heavy atom. The number of nitrogens with one attached hydrogen (secondary N) is 1. The Hall–Kier alpha value is -4.03. The van der Waals surface area contributed by atoms with Gasteiger partial charge in [0, 0.05) is 29.0 Å². The minimum atomic E-state index is -0.803. The molecule has 0 saturated carbocycles. The van der Waals surface area contributed by atoms with Gasteiger partial charge < -0.3 is 20.9 Å². The van der Waals surface area contributed by atoms with Gasteiger partial charge in [0.15, 0.2) is 0 Å². The van der Waals surface area contributed by atoms with Crippen LogP contribution in [-0.4, -0.2) is 40.9 Å². The Labute approximate surface area is 209 Å². The highest BCUT2D eigenvalue weighted by molar-refractivity contribution is 6.03. The number of aromatic nitrogens is 2. The number of rotatable bonds is 4. The maximum absolute atomic E-state index is 14.9. The van der Waals surface area contributed by atoms with E-state index in [-0.39, 0.29) is 18.0 Å². The molecule has 3 N–H and O–H groups in total. The van der Waals surface area contributed by atoms with Crippen molar-refractivity contribution in [2.75, 3.05) is 36.1 Å². The maximum Gasteiger partial charge on any atom is 0.240 e. The topological polar surface area (TPSA) is 111 Å². The van der Waals surface area contributed by atoms with Crippen molar-refractivity contribution in [2.45, 2.75) is 38.3 Å². The number of nitriles is 1. The van der Waals surface area contributed by atoms with Crippen LogP contribution in [-0.2, 0) is 16.8 Å². The van der Waals surface area contributed by atoms with E-state index in [0.717, 1.165) is 23.5 Å². The lowest BCUT2D eigenvalue weighted by Gasteiger charge is -2.41. The average molecular weight is 486 g/mol. The van der Waals surface area contributed by atoms with Crippen LogP contribution in [0.1, 0.15) is 47.6 Å². The molecule has 2 atom stereocenters. The molecule has 1 amide bonds. The summed E-state index contributed by atoms with van der Waals surface area (Å²) in [5, 5.41) is 12.6. The number of nitrogens with zero attached hydrogens (tertiary/aromatic N) is 5. The number of nitrogens with two attached hydrogens (primary N) is 1. The Bertz CT molecular complexity index is 1380. The molecule has 9 heteroatoms. The number of benzene rings is 2. The number of nitrogen functional groups attached to an aromatic ring is 1. The van der Waals surface area contributed by atoms with Gasteiger partial charge in [-0.05, 0) is 64.2 Å². The van der Waals surface area contributed by atoms with Crippen LogP contribution in [0.5, 0.6) is 0 Å². The third-order valence-electron chi connectivity index (χ3n) is 7.18. The van der Waals surface area contributed by atoms with Gasteiger partial charge in [-0.15, -0.1) is 0 Å². The van der Waals surface area contributed by atoms with Crippen LogP contribution in [0.3, 0.4) is 0 Å². The number of likely N-dealkylation sites (N-methyl/N-ethyl adjacent to an activating group) is 1. The van der Waals surface area contributed by atoms with Crippen molar-refractivity contribution in [3.8, 4) is 6.07 Å². The molecule has 0 radical (unpaired) electrons. The van der Waals surface area contributed by atoms with E-state index in [1.54, 1.807) is 36.1 Å². The first kappa shape index (κ1) is 23.7. The van der Waals surface area contributed by atoms with E-state index in [0.29, 0.717) is 35.9 Å². The fraction of sp³-hybridized carbons (Fsp3) is 0.333. The molecule has 1 aromatic heterocycles. The first-order valence-corrected chi connectivity index (χ1v) is 11.9. The van der Waals surface area contributed by atoms with Crippen molar-refractivity contribution >= 4 is 23.1 Å². The normalized spacial score (nSPS) is 20.3. The molecule has 1 unspecified atom stereocenters. The van der Waals surface area contributed by atoms with Crippen LogP contribution >= 0.6 is 0 Å². The Balaban J connectivity index is 1.62. The van der Waals surface area contributed by atoms with E-state index in [1.165, 1.54) is 6.07 Å². The summed E-state index contributed by atoms with van der Waals surface area (Å²) < 4.78 is 14.9. The number of amides is 1. The molecule has 184 valence electrons. The van der Waals surface area contributed by atoms with Gasteiger partial charge in [-0.3, -0.25) is 4.79 Å². The molecule has 3 aromatic rings. The van der Waals surface area contributed by atoms with Gasteiger partial charge in [0.1, 0.15) is 28.9 Å². The second-order valence-electron chi connectivity index (χ2n) is 9.69. The molecule has 1 fully saturated rings. The molecule has 0 bridgehead atoms. The second kappa shape index (κ2) is 8.88. The fourth-order valence-corrected chi connectivity index (χ4v) is 5.33. The highest BCUT2D eigenvalue weighted by Crippen LogP contribution is 2.44. The molecule has 2 aliphatic heterocycles. The van der Waals surface area contributed by atoms with Crippen LogP contribution in [0.4, 0.5) is 21.6 Å². The minimum absolute atomic E-state index is 0.00452. The lowest BCUT2D eigenvalue weighted by Crippen LogP contribution is -2.53. The lowest BCUT2D eigenvalue weighted by atomic mass is 9.76. The summed E-state index contributed by atoms with van der Waals surface area (Å²) >= 11 is 0. The Kier molecular flexibility index (Phi) is 5.85. The number of fused-ring (bicyclic) bond motifs is 2. The summed E-state index contributed by atoms with van der Waals surface area (Å²) in [4.78, 5) is 27.4. The van der Waals surface area contributed by atoms with Gasteiger partial charge in [-0.25, -0.2) is 14.4 Å². The maximum atomic E-state index is 14.9. The molecule has 2 aliphatic rings. The number of hydrogen-bond acceptors (Lipinski definition) is 7. The molecular formula is C27H28FN7O. The second-order valence-corrected chi connectivity index (χ2v) is 9.69. The predicted octanol–water partition coefficient (Wildman–Crippen LogP) is 3.67. The van der Waals surface area contributed by atoms with Gasteiger partial charge in [0.2, 0.25) is 5.91 Å². The quantitative estimate of drug-likeness (QED) is 0.543. The van der Waals surface area contributed by atoms with Gasteiger partial charge in [0.25, 0.3) is 0 Å². The van der Waals surface area contributed by atoms with E-state index in [4.69, 9.17) is 10.7 Å². The summed E-state index contributed by atoms with van der Waals surface area (Å²) in [6.07, 6.45) is 0.644. The van der Waals surface area contributed by atoms with Crippen molar-refractivity contribution in [3.63, 3.8) is 0 Å². The van der Waals surface area contributed by atoms with Crippen molar-refractivity contribution in [2.24, 2.45) is 0 Å². The zero-order chi connectivity index (χ0) is 25.6. The van der Waals surface area contributed by atoms with Crippen molar-refractivity contribution in [1.82, 2.24) is 14.9 Å². The van der Waals surface area contributed by atoms with E-state index >= 15 is 0 Å². The number of halogens is 1. The summed E-state index contributed by atoms with van der Waals surface area (Å²) in [5.74, 6) is 0.562. The number of carbonyl (C=O) groups is 1. The molecule has 5 rings (SSSR count). The number of likely N-dealkylation sites (tertiary alicyclic amines) is 1. The molecular weight excluding hydrogens is 457 g/mol. The molecule has 3 heterocycles. The van der Waals surface area contributed by atoms with Gasteiger partial charge in [0.05, 0.1) is 23.8 Å². The Morgan fingerprint density at radius 2 is 1.97 bits per heavy atom. The molecule has 1 saturated heterocycles. The van der Waals surface area contributed by atoms with E-state index in [2.05, 4.69) is 15.2 Å². The standard InChI is InChI=1S/C27H28FN7O/c1-16(21-6-4-5-18(13-29)23(21)28)31-25-22-14-35(20-9-7-19(30)8-10-20)26(36)27(11-12-34(3)15-27)24(22)32-17(2)33-25/h4-10,16H,11-12,14-15,30H2,1-3H3,(H,31,32,33)/t16-,27?/m1/s1. The zero-order valence-electron chi connectivity index (χ0n) is 20.5. The van der Waals surface area contributed by atoms with Crippen LogP contribution in [0.25, 0.3) is 0 Å². The summed E-state index contributed by atoms with van der Waals surface area (Å²) in [5.41, 5.74) is 8.38. The highest BCUT2D eigenvalue weighted by Gasteiger charge is 2.53. The van der Waals surface area contributed by atoms with Crippen molar-refractivity contribution in [1.29, 1.82) is 5.26 Å². The van der Waals surface area contributed by atoms with Crippen LogP contribution in [0.2, 0.25) is 0 Å². The fourth-order valence-electron chi connectivity index (χ4n) is 5.33. The highest BCUT2D eigenvalue weighted by atomic mass is 19.1. The van der Waals surface area contributed by atoms with Crippen LogP contribution in [0, 0.1) is 24.1 Å². The molecule has 36 heavy (non-hydrogen) atoms. The molecule has 1 spiro atoms. The number of carbonyl (C=O) groups excluding carboxylic acids is 1. The molecule has 8 nitrogen and oxygen atoms in total. The third kappa shape index (κ3) is 3.84. The summed E-state index contributed by atoms with van der Waals surface area (Å²) in [6.45, 7) is 5.23. The van der Waals surface area contributed by atoms with Gasteiger partial charge in [-0.2, -0.15) is 5.26 Å². The summed E-state index contributed by atoms with van der Waals surface area (Å²) in [6, 6.07) is 13.5. The van der Waals surface area contributed by atoms with E-state index in [9.17, 15) is 14.4 Å². The first-order chi connectivity index (χ1) is 17.2. The van der Waals surface area contributed by atoms with Crippen molar-refractivity contribution < 1.29 is 9.18 Å². The van der Waals surface area contributed by atoms with Gasteiger partial charge in [-0.1, -0.05) is 12.1 Å². The summed E-state index contributed by atoms with van der Waals surface area (Å²) in [7, 11) is 2.00. The van der Waals surface area contributed by atoms with Crippen LogP contribution in [0.15, 0.2) is 42.5 Å².